The van der Waals surface area contributed by atoms with E-state index in [1.807, 2.05) is 0 Å². The highest BCUT2D eigenvalue weighted by Gasteiger charge is 2.19. The number of nitrogens with zero attached hydrogens (tertiary/aromatic N) is 2. The predicted octanol–water partition coefficient (Wildman–Crippen LogP) is 4.61. The summed E-state index contributed by atoms with van der Waals surface area (Å²) >= 11 is 5.99. The summed E-state index contributed by atoms with van der Waals surface area (Å²) in [7, 11) is 2.61. The van der Waals surface area contributed by atoms with E-state index >= 15 is 0 Å². The second kappa shape index (κ2) is 11.0. The maximum atomic E-state index is 13.1. The van der Waals surface area contributed by atoms with Gasteiger partial charge >= 0.3 is 5.97 Å². The Morgan fingerprint density at radius 1 is 1.17 bits per heavy atom. The van der Waals surface area contributed by atoms with E-state index in [1.165, 1.54) is 26.4 Å². The number of esters is 1. The number of oxime groups is 2. The fraction of sp³-hybridized carbons (Fsp3) is 0.190. The quantitative estimate of drug-likeness (QED) is 0.356. The average Bonchev–Trinajstić information content (AvgIpc) is 2.71. The van der Waals surface area contributed by atoms with Crippen molar-refractivity contribution in [2.75, 3.05) is 14.2 Å². The lowest BCUT2D eigenvalue weighted by Gasteiger charge is -2.09. The third kappa shape index (κ3) is 6.43. The zero-order chi connectivity index (χ0) is 21.2. The fourth-order valence-corrected chi connectivity index (χ4v) is 2.57. The lowest BCUT2D eigenvalue weighted by Crippen LogP contribution is -2.19. The van der Waals surface area contributed by atoms with Gasteiger partial charge in [-0.25, -0.2) is 9.18 Å². The van der Waals surface area contributed by atoms with Crippen LogP contribution in [-0.2, 0) is 25.8 Å². The van der Waals surface area contributed by atoms with E-state index in [4.69, 9.17) is 26.0 Å². The third-order valence-corrected chi connectivity index (χ3v) is 4.06. The minimum Gasteiger partial charge on any atom is -0.464 e. The van der Waals surface area contributed by atoms with E-state index in [9.17, 15) is 9.18 Å². The van der Waals surface area contributed by atoms with E-state index in [1.54, 1.807) is 49.4 Å². The SMILES string of the molecule is CO/N=C(\C(=O)OC)c1ccccc1CO/N=C(C)/C=C/c1ccc(F)cc1Cl. The molecule has 8 heteroatoms. The zero-order valence-corrected chi connectivity index (χ0v) is 16.9. The van der Waals surface area contributed by atoms with Gasteiger partial charge in [0.05, 0.1) is 17.8 Å². The van der Waals surface area contributed by atoms with Gasteiger partial charge in [0.25, 0.3) is 0 Å². The summed E-state index contributed by atoms with van der Waals surface area (Å²) in [6, 6.07) is 11.2. The third-order valence-electron chi connectivity index (χ3n) is 3.73. The summed E-state index contributed by atoms with van der Waals surface area (Å²) < 4.78 is 17.8. The van der Waals surface area contributed by atoms with Crippen molar-refractivity contribution in [2.45, 2.75) is 13.5 Å². The van der Waals surface area contributed by atoms with E-state index < -0.39 is 11.8 Å². The lowest BCUT2D eigenvalue weighted by molar-refractivity contribution is -0.132. The van der Waals surface area contributed by atoms with Crippen LogP contribution in [0, 0.1) is 5.82 Å². The number of carbonyl (C=O) groups excluding carboxylic acids is 1. The van der Waals surface area contributed by atoms with Gasteiger partial charge in [-0.1, -0.05) is 58.3 Å². The summed E-state index contributed by atoms with van der Waals surface area (Å²) in [6.07, 6.45) is 3.40. The molecular formula is C21H20ClFN2O4. The summed E-state index contributed by atoms with van der Waals surface area (Å²) in [5.74, 6) is -1.03. The second-order valence-corrected chi connectivity index (χ2v) is 6.18. The van der Waals surface area contributed by atoms with Gasteiger partial charge in [0, 0.05) is 11.1 Å². The van der Waals surface area contributed by atoms with Crippen molar-refractivity contribution in [3.63, 3.8) is 0 Å². The monoisotopic (exact) mass is 418 g/mol. The molecule has 29 heavy (non-hydrogen) atoms. The summed E-state index contributed by atoms with van der Waals surface area (Å²) in [6.45, 7) is 1.84. The first-order chi connectivity index (χ1) is 14.0. The van der Waals surface area contributed by atoms with Crippen molar-refractivity contribution in [1.29, 1.82) is 0 Å². The predicted molar refractivity (Wildman–Crippen MR) is 110 cm³/mol. The topological polar surface area (TPSA) is 69.5 Å². The van der Waals surface area contributed by atoms with Gasteiger partial charge < -0.3 is 14.4 Å². The maximum Gasteiger partial charge on any atom is 0.360 e. The van der Waals surface area contributed by atoms with E-state index in [2.05, 4.69) is 10.3 Å². The highest BCUT2D eigenvalue weighted by molar-refractivity contribution is 6.43. The van der Waals surface area contributed by atoms with Crippen LogP contribution in [0.25, 0.3) is 6.08 Å². The van der Waals surface area contributed by atoms with Gasteiger partial charge in [0.1, 0.15) is 19.5 Å². The summed E-state index contributed by atoms with van der Waals surface area (Å²) in [5.41, 5.74) is 2.45. The highest BCUT2D eigenvalue weighted by atomic mass is 35.5. The minimum absolute atomic E-state index is 0.0285. The van der Waals surface area contributed by atoms with Crippen LogP contribution < -0.4 is 0 Å². The van der Waals surface area contributed by atoms with Crippen LogP contribution in [-0.4, -0.2) is 31.6 Å². The standard InChI is InChI=1S/C21H20ClFN2O4/c1-14(8-9-15-10-11-17(23)12-19(15)22)24-29-13-16-6-4-5-7-18(16)20(25-28-3)21(26)27-2/h4-12H,13H2,1-3H3/b9-8+,24-14+,25-20-. The van der Waals surface area contributed by atoms with Crippen molar-refractivity contribution in [3.05, 3.63) is 76.1 Å². The molecule has 0 N–H and O–H groups in total. The van der Waals surface area contributed by atoms with Gasteiger partial charge in [-0.3, -0.25) is 0 Å². The van der Waals surface area contributed by atoms with Crippen LogP contribution >= 0.6 is 11.6 Å². The van der Waals surface area contributed by atoms with Crippen molar-refractivity contribution >= 4 is 35.1 Å². The fourth-order valence-electron chi connectivity index (χ4n) is 2.34. The first-order valence-corrected chi connectivity index (χ1v) is 8.91. The summed E-state index contributed by atoms with van der Waals surface area (Å²) in [5, 5.41) is 8.07. The minimum atomic E-state index is -0.627. The molecule has 0 saturated carbocycles. The number of carbonyl (C=O) groups is 1. The number of allylic oxidation sites excluding steroid dienone is 1. The number of rotatable bonds is 8. The lowest BCUT2D eigenvalue weighted by atomic mass is 10.0. The first-order valence-electron chi connectivity index (χ1n) is 8.53. The molecule has 6 nitrogen and oxygen atoms in total. The molecule has 0 fully saturated rings. The second-order valence-electron chi connectivity index (χ2n) is 5.78. The number of methoxy groups -OCH3 is 1. The molecule has 2 rings (SSSR count). The van der Waals surface area contributed by atoms with Gasteiger partial charge in [-0.05, 0) is 30.7 Å². The Hall–Kier alpha value is -3.19. The first kappa shape index (κ1) is 22.1. The van der Waals surface area contributed by atoms with Crippen LogP contribution in [0.4, 0.5) is 4.39 Å². The Morgan fingerprint density at radius 2 is 1.93 bits per heavy atom. The van der Waals surface area contributed by atoms with Gasteiger partial charge in [0.2, 0.25) is 0 Å². The molecule has 2 aromatic carbocycles. The van der Waals surface area contributed by atoms with E-state index in [0.29, 0.717) is 27.4 Å². The van der Waals surface area contributed by atoms with E-state index in [-0.39, 0.29) is 12.3 Å². The van der Waals surface area contributed by atoms with Crippen molar-refractivity contribution in [3.8, 4) is 0 Å². The van der Waals surface area contributed by atoms with Gasteiger partial charge in [-0.15, -0.1) is 0 Å². The molecule has 0 aliphatic carbocycles. The molecule has 0 saturated heterocycles. The Labute approximate surface area is 173 Å². The van der Waals surface area contributed by atoms with Crippen molar-refractivity contribution in [2.24, 2.45) is 10.3 Å². The van der Waals surface area contributed by atoms with Crippen molar-refractivity contribution < 1.29 is 23.6 Å². The van der Waals surface area contributed by atoms with Crippen LogP contribution in [0.3, 0.4) is 0 Å². The molecule has 0 bridgehead atoms. The molecule has 0 unspecified atom stereocenters. The molecule has 0 atom stereocenters. The van der Waals surface area contributed by atoms with E-state index in [0.717, 1.165) is 0 Å². The highest BCUT2D eigenvalue weighted by Crippen LogP contribution is 2.18. The largest absolute Gasteiger partial charge is 0.464 e. The summed E-state index contributed by atoms with van der Waals surface area (Å²) in [4.78, 5) is 22.1. The number of ether oxygens (including phenoxy) is 1. The van der Waals surface area contributed by atoms with Crippen LogP contribution in [0.5, 0.6) is 0 Å². The molecule has 0 aromatic heterocycles. The molecule has 0 radical (unpaired) electrons. The van der Waals surface area contributed by atoms with Crippen molar-refractivity contribution in [1.82, 2.24) is 0 Å². The van der Waals surface area contributed by atoms with Crippen LogP contribution in [0.15, 0.2) is 58.9 Å². The Balaban J connectivity index is 2.11. The Bertz CT molecular complexity index is 957. The Morgan fingerprint density at radius 3 is 2.62 bits per heavy atom. The molecule has 0 amide bonds. The molecule has 0 spiro atoms. The number of halogens is 2. The molecule has 0 heterocycles. The molecule has 2 aromatic rings. The average molecular weight is 419 g/mol. The number of benzene rings is 2. The molecule has 152 valence electrons. The maximum absolute atomic E-state index is 13.1. The smallest absolute Gasteiger partial charge is 0.360 e. The Kier molecular flexibility index (Phi) is 8.36. The normalized spacial score (nSPS) is 12.2. The van der Waals surface area contributed by atoms with Crippen LogP contribution in [0.2, 0.25) is 5.02 Å². The molecular weight excluding hydrogens is 399 g/mol. The number of hydrogen-bond donors (Lipinski definition) is 0. The van der Waals surface area contributed by atoms with Gasteiger partial charge in [0.15, 0.2) is 5.71 Å². The number of hydrogen-bond acceptors (Lipinski definition) is 6. The molecule has 0 aliphatic heterocycles. The van der Waals surface area contributed by atoms with Gasteiger partial charge in [-0.2, -0.15) is 0 Å². The van der Waals surface area contributed by atoms with Crippen LogP contribution in [0.1, 0.15) is 23.6 Å². The zero-order valence-electron chi connectivity index (χ0n) is 16.2. The molecule has 0 aliphatic rings.